The van der Waals surface area contributed by atoms with E-state index in [2.05, 4.69) is 24.9 Å². The molecule has 4 nitrogen and oxygen atoms in total. The number of nitrogens with one attached hydrogen (secondary N) is 1. The monoisotopic (exact) mass is 199 g/mol. The number of hydrogen-bond acceptors (Lipinski definition) is 3. The molecule has 0 saturated heterocycles. The molecule has 0 aromatic carbocycles. The van der Waals surface area contributed by atoms with Crippen LogP contribution >= 0.6 is 11.3 Å². The highest BCUT2D eigenvalue weighted by Gasteiger charge is 2.00. The quantitative estimate of drug-likeness (QED) is 0.380. The second-order valence-electron chi connectivity index (χ2n) is 2.77. The third-order valence-corrected chi connectivity index (χ3v) is 2.87. The molecule has 0 bridgehead atoms. The van der Waals surface area contributed by atoms with Crippen molar-refractivity contribution in [2.45, 2.75) is 20.4 Å². The van der Waals surface area contributed by atoms with Gasteiger partial charge in [0.25, 0.3) is 0 Å². The first kappa shape index (κ1) is 10.0. The molecule has 0 fully saturated rings. The van der Waals surface area contributed by atoms with Crippen LogP contribution < -0.4 is 11.2 Å². The molecule has 1 rings (SSSR count). The highest BCUT2D eigenvalue weighted by molar-refractivity contribution is 7.12. The van der Waals surface area contributed by atoms with Gasteiger partial charge in [-0.15, -0.1) is 11.3 Å². The van der Waals surface area contributed by atoms with E-state index >= 15 is 0 Å². The number of nitrogens with two attached hydrogens (primary N) is 1. The van der Waals surface area contributed by atoms with Crippen LogP contribution in [0.2, 0.25) is 0 Å². The van der Waals surface area contributed by atoms with Crippen LogP contribution in [0.5, 0.6) is 0 Å². The Morgan fingerprint density at radius 3 is 2.85 bits per heavy atom. The van der Waals surface area contributed by atoms with Gasteiger partial charge in [0, 0.05) is 9.75 Å². The summed E-state index contributed by atoms with van der Waals surface area (Å²) in [4.78, 5) is 6.35. The van der Waals surface area contributed by atoms with Gasteiger partial charge in [-0.05, 0) is 25.5 Å². The van der Waals surface area contributed by atoms with E-state index in [4.69, 9.17) is 10.9 Å². The van der Waals surface area contributed by atoms with E-state index in [1.165, 1.54) is 10.4 Å². The first-order chi connectivity index (χ1) is 6.13. The Bertz CT molecular complexity index is 300. The lowest BCUT2D eigenvalue weighted by Gasteiger charge is -1.94. The number of hydroxylamine groups is 1. The Labute approximate surface area is 81.1 Å². The van der Waals surface area contributed by atoms with Crippen molar-refractivity contribution in [3.8, 4) is 0 Å². The summed E-state index contributed by atoms with van der Waals surface area (Å²) in [5, 5.41) is 8.37. The lowest BCUT2D eigenvalue weighted by atomic mass is 10.3. The maximum atomic E-state index is 8.37. The number of rotatable bonds is 2. The van der Waals surface area contributed by atoms with Crippen molar-refractivity contribution < 1.29 is 5.21 Å². The minimum absolute atomic E-state index is 0.0451. The Hall–Kier alpha value is -1.07. The van der Waals surface area contributed by atoms with Gasteiger partial charge < -0.3 is 5.73 Å². The summed E-state index contributed by atoms with van der Waals surface area (Å²) in [7, 11) is 0. The largest absolute Gasteiger partial charge is 0.368 e. The molecule has 0 unspecified atom stereocenters. The van der Waals surface area contributed by atoms with Crippen molar-refractivity contribution in [1.82, 2.24) is 5.48 Å². The standard InChI is InChI=1S/C8H13N3OS/c1-5-3-7(13-6(5)2)4-10-8(9)11-12/h3,12H,4H2,1-2H3,(H3,9,10,11). The molecule has 0 aliphatic heterocycles. The molecular formula is C8H13N3OS. The van der Waals surface area contributed by atoms with Crippen LogP contribution in [0.25, 0.3) is 0 Å². The Morgan fingerprint density at radius 1 is 1.69 bits per heavy atom. The Morgan fingerprint density at radius 2 is 2.38 bits per heavy atom. The van der Waals surface area contributed by atoms with Crippen molar-refractivity contribution in [2.24, 2.45) is 10.7 Å². The van der Waals surface area contributed by atoms with Gasteiger partial charge in [-0.1, -0.05) is 0 Å². The van der Waals surface area contributed by atoms with Crippen LogP contribution in [-0.2, 0) is 6.54 Å². The zero-order valence-corrected chi connectivity index (χ0v) is 8.48. The fourth-order valence-corrected chi connectivity index (χ4v) is 1.90. The summed E-state index contributed by atoms with van der Waals surface area (Å²) < 4.78 is 0. The predicted octanol–water partition coefficient (Wildman–Crippen LogP) is 1.16. The fraction of sp³-hybridized carbons (Fsp3) is 0.375. The SMILES string of the molecule is Cc1cc(CN=C(N)NO)sc1C. The number of thiophene rings is 1. The summed E-state index contributed by atoms with van der Waals surface area (Å²) in [5.74, 6) is 0.0451. The first-order valence-corrected chi connectivity index (χ1v) is 4.71. The third kappa shape index (κ3) is 2.71. The van der Waals surface area contributed by atoms with Crippen LogP contribution in [0, 0.1) is 13.8 Å². The molecule has 0 amide bonds. The lowest BCUT2D eigenvalue weighted by molar-refractivity contribution is 0.232. The van der Waals surface area contributed by atoms with Crippen molar-refractivity contribution in [3.05, 3.63) is 21.4 Å². The zero-order valence-electron chi connectivity index (χ0n) is 7.66. The van der Waals surface area contributed by atoms with Gasteiger partial charge >= 0.3 is 0 Å². The van der Waals surface area contributed by atoms with Crippen LogP contribution in [-0.4, -0.2) is 11.2 Å². The van der Waals surface area contributed by atoms with E-state index in [9.17, 15) is 0 Å². The van der Waals surface area contributed by atoms with Gasteiger partial charge in [-0.2, -0.15) is 0 Å². The second kappa shape index (κ2) is 4.25. The summed E-state index contributed by atoms with van der Waals surface area (Å²) in [5.41, 5.74) is 8.32. The molecule has 13 heavy (non-hydrogen) atoms. The second-order valence-corrected chi connectivity index (χ2v) is 4.11. The highest BCUT2D eigenvalue weighted by atomic mass is 32.1. The Kier molecular flexibility index (Phi) is 3.27. The zero-order chi connectivity index (χ0) is 9.84. The molecule has 1 aromatic rings. The molecular weight excluding hydrogens is 186 g/mol. The first-order valence-electron chi connectivity index (χ1n) is 3.89. The van der Waals surface area contributed by atoms with E-state index in [1.807, 2.05) is 0 Å². The molecule has 0 aliphatic rings. The van der Waals surface area contributed by atoms with Crippen LogP contribution in [0.15, 0.2) is 11.1 Å². The van der Waals surface area contributed by atoms with Crippen molar-refractivity contribution in [2.75, 3.05) is 0 Å². The maximum Gasteiger partial charge on any atom is 0.213 e. The number of nitrogens with zero attached hydrogens (tertiary/aromatic N) is 1. The highest BCUT2D eigenvalue weighted by Crippen LogP contribution is 2.20. The number of hydrogen-bond donors (Lipinski definition) is 3. The summed E-state index contributed by atoms with van der Waals surface area (Å²) >= 11 is 1.69. The third-order valence-electron chi connectivity index (χ3n) is 1.74. The molecule has 0 spiro atoms. The molecule has 0 atom stereocenters. The van der Waals surface area contributed by atoms with Gasteiger partial charge in [-0.3, -0.25) is 5.21 Å². The van der Waals surface area contributed by atoms with E-state index in [1.54, 1.807) is 16.8 Å². The Balaban J connectivity index is 2.65. The van der Waals surface area contributed by atoms with E-state index < -0.39 is 0 Å². The molecule has 0 radical (unpaired) electrons. The topological polar surface area (TPSA) is 70.6 Å². The molecule has 1 aromatic heterocycles. The van der Waals surface area contributed by atoms with Crippen LogP contribution in [0.1, 0.15) is 15.3 Å². The lowest BCUT2D eigenvalue weighted by Crippen LogP contribution is -2.28. The molecule has 72 valence electrons. The van der Waals surface area contributed by atoms with E-state index in [0.29, 0.717) is 6.54 Å². The average molecular weight is 199 g/mol. The van der Waals surface area contributed by atoms with Gasteiger partial charge in [0.2, 0.25) is 5.96 Å². The molecule has 1 heterocycles. The molecule has 4 N–H and O–H groups in total. The number of aliphatic imine (C=N–C) groups is 1. The van der Waals surface area contributed by atoms with Gasteiger partial charge in [0.1, 0.15) is 0 Å². The van der Waals surface area contributed by atoms with Gasteiger partial charge in [-0.25, -0.2) is 10.5 Å². The van der Waals surface area contributed by atoms with Gasteiger partial charge in [0.15, 0.2) is 0 Å². The molecule has 0 saturated carbocycles. The van der Waals surface area contributed by atoms with E-state index in [0.717, 1.165) is 4.88 Å². The fourth-order valence-electron chi connectivity index (χ4n) is 0.926. The van der Waals surface area contributed by atoms with Gasteiger partial charge in [0.05, 0.1) is 6.54 Å². The maximum absolute atomic E-state index is 8.37. The van der Waals surface area contributed by atoms with Crippen LogP contribution in [0.4, 0.5) is 0 Å². The van der Waals surface area contributed by atoms with Crippen molar-refractivity contribution >= 4 is 17.3 Å². The summed E-state index contributed by atoms with van der Waals surface area (Å²) in [6, 6.07) is 2.08. The van der Waals surface area contributed by atoms with Crippen molar-refractivity contribution in [3.63, 3.8) is 0 Å². The smallest absolute Gasteiger partial charge is 0.213 e. The summed E-state index contributed by atoms with van der Waals surface area (Å²) in [6.45, 7) is 4.65. The number of aryl methyl sites for hydroxylation is 2. The minimum atomic E-state index is 0.0451. The normalized spacial score (nSPS) is 11.8. The van der Waals surface area contributed by atoms with E-state index in [-0.39, 0.29) is 5.96 Å². The minimum Gasteiger partial charge on any atom is -0.368 e. The summed E-state index contributed by atoms with van der Waals surface area (Å²) in [6.07, 6.45) is 0. The van der Waals surface area contributed by atoms with Crippen molar-refractivity contribution in [1.29, 1.82) is 0 Å². The average Bonchev–Trinajstić information content (AvgIpc) is 2.42. The molecule has 0 aliphatic carbocycles. The van der Waals surface area contributed by atoms with Crippen LogP contribution in [0.3, 0.4) is 0 Å². The number of guanidine groups is 1. The molecule has 5 heteroatoms. The predicted molar refractivity (Wildman–Crippen MR) is 54.0 cm³/mol.